The highest BCUT2D eigenvalue weighted by Crippen LogP contribution is 2.30. The minimum atomic E-state index is -0.0729. The quantitative estimate of drug-likeness (QED) is 0.199. The third-order valence-electron chi connectivity index (χ3n) is 5.11. The highest BCUT2D eigenvalue weighted by molar-refractivity contribution is 6.00. The van der Waals surface area contributed by atoms with Gasteiger partial charge in [0.15, 0.2) is 0 Å². The number of esters is 1. The van der Waals surface area contributed by atoms with Crippen molar-refractivity contribution in [3.63, 3.8) is 0 Å². The molecule has 0 aromatic heterocycles. The maximum absolute atomic E-state index is 11.5. The molecule has 0 aliphatic carbocycles. The highest BCUT2D eigenvalue weighted by Gasteiger charge is 2.05. The molecule has 0 saturated carbocycles. The molecule has 3 nitrogen and oxygen atoms in total. The Bertz CT molecular complexity index is 930. The van der Waals surface area contributed by atoms with Gasteiger partial charge in [-0.1, -0.05) is 62.1 Å². The fourth-order valence-electron chi connectivity index (χ4n) is 3.65. The summed E-state index contributed by atoms with van der Waals surface area (Å²) in [7, 11) is 0. The molecule has 0 saturated heterocycles. The zero-order valence-electron chi connectivity index (χ0n) is 17.7. The van der Waals surface area contributed by atoms with Crippen LogP contribution in [-0.4, -0.2) is 18.7 Å². The van der Waals surface area contributed by atoms with Gasteiger partial charge in [-0.15, -0.1) is 0 Å². The van der Waals surface area contributed by atoms with Crippen LogP contribution >= 0.6 is 0 Å². The fraction of sp³-hybridized carbons (Fsp3) is 0.423. The SMILES string of the molecule is CC(C)OC(=O)CCCCCCCCOc1cccc2cc3ccccc3cc12. The third kappa shape index (κ3) is 6.49. The third-order valence-corrected chi connectivity index (χ3v) is 5.11. The standard InChI is InChI=1S/C26H32O3/c1-20(2)29-26(27)16-7-5-3-4-6-10-17-28-25-15-11-14-23-18-21-12-8-9-13-22(21)19-24(23)25/h8-9,11-15,18-20H,3-7,10,16-17H2,1-2H3. The van der Waals surface area contributed by atoms with Crippen LogP contribution in [0.1, 0.15) is 58.8 Å². The second kappa shape index (κ2) is 10.8. The summed E-state index contributed by atoms with van der Waals surface area (Å²) in [5.41, 5.74) is 0. The van der Waals surface area contributed by atoms with Gasteiger partial charge in [0, 0.05) is 11.8 Å². The zero-order chi connectivity index (χ0) is 20.5. The molecule has 0 aliphatic heterocycles. The van der Waals surface area contributed by atoms with Crippen molar-refractivity contribution in [2.24, 2.45) is 0 Å². The highest BCUT2D eigenvalue weighted by atomic mass is 16.5. The van der Waals surface area contributed by atoms with Crippen LogP contribution in [0.2, 0.25) is 0 Å². The van der Waals surface area contributed by atoms with E-state index in [0.717, 1.165) is 44.5 Å². The summed E-state index contributed by atoms with van der Waals surface area (Å²) in [6.07, 6.45) is 7.09. The number of carbonyl (C=O) groups is 1. The van der Waals surface area contributed by atoms with Crippen LogP contribution in [0.5, 0.6) is 5.75 Å². The summed E-state index contributed by atoms with van der Waals surface area (Å²) in [6.45, 7) is 4.52. The number of benzene rings is 3. The Morgan fingerprint density at radius 3 is 2.21 bits per heavy atom. The van der Waals surface area contributed by atoms with E-state index >= 15 is 0 Å². The molecule has 3 aromatic carbocycles. The van der Waals surface area contributed by atoms with Crippen LogP contribution in [-0.2, 0) is 9.53 Å². The Kier molecular flexibility index (Phi) is 7.92. The number of fused-ring (bicyclic) bond motifs is 2. The summed E-state index contributed by atoms with van der Waals surface area (Å²) in [5, 5.41) is 4.90. The average molecular weight is 393 g/mol. The predicted octanol–water partition coefficient (Wildman–Crippen LogP) is 7.05. The molecule has 0 atom stereocenters. The zero-order valence-corrected chi connectivity index (χ0v) is 17.7. The second-order valence-electron chi connectivity index (χ2n) is 7.94. The topological polar surface area (TPSA) is 35.5 Å². The summed E-state index contributed by atoms with van der Waals surface area (Å²) in [6, 6.07) is 19.2. The van der Waals surface area contributed by atoms with Gasteiger partial charge in [0.1, 0.15) is 5.75 Å². The van der Waals surface area contributed by atoms with E-state index in [4.69, 9.17) is 9.47 Å². The van der Waals surface area contributed by atoms with Gasteiger partial charge >= 0.3 is 5.97 Å². The second-order valence-corrected chi connectivity index (χ2v) is 7.94. The van der Waals surface area contributed by atoms with E-state index in [1.54, 1.807) is 0 Å². The largest absolute Gasteiger partial charge is 0.493 e. The van der Waals surface area contributed by atoms with Crippen molar-refractivity contribution < 1.29 is 14.3 Å². The lowest BCUT2D eigenvalue weighted by atomic mass is 10.0. The molecule has 0 heterocycles. The van der Waals surface area contributed by atoms with Crippen LogP contribution < -0.4 is 4.74 Å². The molecule has 3 aromatic rings. The van der Waals surface area contributed by atoms with E-state index in [-0.39, 0.29) is 12.1 Å². The molecule has 0 N–H and O–H groups in total. The van der Waals surface area contributed by atoms with Crippen molar-refractivity contribution in [3.8, 4) is 5.75 Å². The minimum absolute atomic E-state index is 0.0112. The first-order valence-electron chi connectivity index (χ1n) is 10.9. The van der Waals surface area contributed by atoms with Crippen molar-refractivity contribution in [1.29, 1.82) is 0 Å². The molecule has 3 heteroatoms. The van der Waals surface area contributed by atoms with Crippen molar-refractivity contribution in [2.45, 2.75) is 64.9 Å². The van der Waals surface area contributed by atoms with Gasteiger partial charge in [-0.05, 0) is 61.0 Å². The summed E-state index contributed by atoms with van der Waals surface area (Å²) in [5.74, 6) is 0.896. The van der Waals surface area contributed by atoms with E-state index in [1.807, 2.05) is 13.8 Å². The first-order chi connectivity index (χ1) is 14.1. The Morgan fingerprint density at radius 1 is 0.793 bits per heavy atom. The summed E-state index contributed by atoms with van der Waals surface area (Å²) >= 11 is 0. The molecular formula is C26H32O3. The lowest BCUT2D eigenvalue weighted by molar-refractivity contribution is -0.147. The Hall–Kier alpha value is -2.55. The molecular weight excluding hydrogens is 360 g/mol. The first kappa shape index (κ1) is 21.2. The van der Waals surface area contributed by atoms with Crippen LogP contribution in [0.15, 0.2) is 54.6 Å². The van der Waals surface area contributed by atoms with Crippen molar-refractivity contribution in [1.82, 2.24) is 0 Å². The van der Waals surface area contributed by atoms with E-state index in [1.165, 1.54) is 28.0 Å². The molecule has 0 bridgehead atoms. The molecule has 0 aliphatic rings. The van der Waals surface area contributed by atoms with Gasteiger partial charge in [-0.25, -0.2) is 0 Å². The van der Waals surface area contributed by atoms with Gasteiger partial charge in [0.25, 0.3) is 0 Å². The molecule has 0 fully saturated rings. The fourth-order valence-corrected chi connectivity index (χ4v) is 3.65. The van der Waals surface area contributed by atoms with Crippen LogP contribution in [0.3, 0.4) is 0 Å². The Balaban J connectivity index is 1.37. The van der Waals surface area contributed by atoms with E-state index in [2.05, 4.69) is 54.6 Å². The van der Waals surface area contributed by atoms with E-state index < -0.39 is 0 Å². The Morgan fingerprint density at radius 2 is 1.45 bits per heavy atom. The van der Waals surface area contributed by atoms with Crippen LogP contribution in [0, 0.1) is 0 Å². The maximum atomic E-state index is 11.5. The lowest BCUT2D eigenvalue weighted by Gasteiger charge is -2.10. The van der Waals surface area contributed by atoms with Gasteiger partial charge in [-0.3, -0.25) is 4.79 Å². The molecule has 3 rings (SSSR count). The predicted molar refractivity (Wildman–Crippen MR) is 120 cm³/mol. The number of hydrogen-bond donors (Lipinski definition) is 0. The number of hydrogen-bond acceptors (Lipinski definition) is 3. The number of rotatable bonds is 11. The molecule has 154 valence electrons. The Labute approximate surface area is 174 Å². The molecule has 0 spiro atoms. The molecule has 0 amide bonds. The summed E-state index contributed by atoms with van der Waals surface area (Å²) < 4.78 is 11.3. The smallest absolute Gasteiger partial charge is 0.306 e. The number of carbonyl (C=O) groups excluding carboxylic acids is 1. The van der Waals surface area contributed by atoms with Crippen molar-refractivity contribution in [2.75, 3.05) is 6.61 Å². The monoisotopic (exact) mass is 392 g/mol. The van der Waals surface area contributed by atoms with Crippen LogP contribution in [0.25, 0.3) is 21.5 Å². The van der Waals surface area contributed by atoms with Gasteiger partial charge in [-0.2, -0.15) is 0 Å². The first-order valence-corrected chi connectivity index (χ1v) is 10.9. The molecule has 29 heavy (non-hydrogen) atoms. The summed E-state index contributed by atoms with van der Waals surface area (Å²) in [4.78, 5) is 11.5. The van der Waals surface area contributed by atoms with Crippen molar-refractivity contribution in [3.05, 3.63) is 54.6 Å². The maximum Gasteiger partial charge on any atom is 0.306 e. The van der Waals surface area contributed by atoms with E-state index in [9.17, 15) is 4.79 Å². The van der Waals surface area contributed by atoms with Crippen molar-refractivity contribution >= 4 is 27.5 Å². The molecule has 0 unspecified atom stereocenters. The van der Waals surface area contributed by atoms with Gasteiger partial charge in [0.05, 0.1) is 12.7 Å². The number of ether oxygens (including phenoxy) is 2. The normalized spacial score (nSPS) is 11.3. The number of unbranched alkanes of at least 4 members (excludes halogenated alkanes) is 5. The average Bonchev–Trinajstić information content (AvgIpc) is 2.70. The minimum Gasteiger partial charge on any atom is -0.493 e. The van der Waals surface area contributed by atoms with Gasteiger partial charge < -0.3 is 9.47 Å². The van der Waals surface area contributed by atoms with E-state index in [0.29, 0.717) is 6.42 Å². The molecule has 0 radical (unpaired) electrons. The van der Waals surface area contributed by atoms with Crippen LogP contribution in [0.4, 0.5) is 0 Å². The lowest BCUT2D eigenvalue weighted by Crippen LogP contribution is -2.10. The van der Waals surface area contributed by atoms with Gasteiger partial charge in [0.2, 0.25) is 0 Å².